The maximum absolute atomic E-state index is 11.8. The minimum atomic E-state index is -0.665. The highest BCUT2D eigenvalue weighted by atomic mass is 35.5. The zero-order valence-corrected chi connectivity index (χ0v) is 9.04. The summed E-state index contributed by atoms with van der Waals surface area (Å²) < 4.78 is 4.70. The lowest BCUT2D eigenvalue weighted by Crippen LogP contribution is -2.22. The highest BCUT2D eigenvalue weighted by Crippen LogP contribution is 2.27. The van der Waals surface area contributed by atoms with Crippen molar-refractivity contribution < 1.29 is 19.4 Å². The average Bonchev–Trinajstić information content (AvgIpc) is 2.27. The molecule has 1 aromatic carbocycles. The fraction of sp³-hybridized carbons (Fsp3) is 0.0909. The van der Waals surface area contributed by atoms with Crippen LogP contribution in [0.4, 0.5) is 0 Å². The maximum Gasteiger partial charge on any atom is 0.232 e. The summed E-state index contributed by atoms with van der Waals surface area (Å²) >= 11 is 5.73. The molecule has 1 N–H and O–H groups in total. The second-order valence-corrected chi connectivity index (χ2v) is 3.67. The van der Waals surface area contributed by atoms with E-state index in [0.29, 0.717) is 5.02 Å². The van der Waals surface area contributed by atoms with Crippen LogP contribution in [-0.4, -0.2) is 23.8 Å². The summed E-state index contributed by atoms with van der Waals surface area (Å²) in [5, 5.41) is 9.82. The zero-order chi connectivity index (χ0) is 11.9. The summed E-state index contributed by atoms with van der Waals surface area (Å²) in [7, 11) is 1.21. The van der Waals surface area contributed by atoms with E-state index in [1.807, 2.05) is 0 Å². The Hall–Kier alpha value is -1.81. The highest BCUT2D eigenvalue weighted by molar-refractivity contribution is 6.32. The molecule has 0 aliphatic heterocycles. The summed E-state index contributed by atoms with van der Waals surface area (Å²) in [6, 6.07) is 4.26. The second-order valence-electron chi connectivity index (χ2n) is 3.23. The van der Waals surface area contributed by atoms with E-state index >= 15 is 0 Å². The molecule has 0 spiro atoms. The van der Waals surface area contributed by atoms with Gasteiger partial charge in [0.25, 0.3) is 0 Å². The minimum absolute atomic E-state index is 0.132. The van der Waals surface area contributed by atoms with E-state index in [-0.39, 0.29) is 16.9 Å². The van der Waals surface area contributed by atoms with Crippen LogP contribution in [0.3, 0.4) is 0 Å². The molecule has 1 aliphatic carbocycles. The van der Waals surface area contributed by atoms with Crippen molar-refractivity contribution in [3.05, 3.63) is 45.9 Å². The molecule has 16 heavy (non-hydrogen) atoms. The second kappa shape index (κ2) is 3.64. The van der Waals surface area contributed by atoms with Crippen molar-refractivity contribution in [3.63, 3.8) is 0 Å². The number of hydrogen-bond acceptors (Lipinski definition) is 4. The molecule has 0 unspecified atom stereocenters. The van der Waals surface area contributed by atoms with Crippen LogP contribution in [0, 0.1) is 0 Å². The Balaban J connectivity index is 2.69. The molecule has 82 valence electrons. The monoisotopic (exact) mass is 238 g/mol. The molecule has 0 atom stereocenters. The fourth-order valence-electron chi connectivity index (χ4n) is 1.55. The zero-order valence-electron chi connectivity index (χ0n) is 8.28. The summed E-state index contributed by atoms with van der Waals surface area (Å²) in [5.74, 6) is -2.19. The van der Waals surface area contributed by atoms with E-state index in [4.69, 9.17) is 16.3 Å². The topological polar surface area (TPSA) is 63.6 Å². The van der Waals surface area contributed by atoms with E-state index in [2.05, 4.69) is 0 Å². The van der Waals surface area contributed by atoms with Gasteiger partial charge in [-0.25, -0.2) is 0 Å². The Morgan fingerprint density at radius 3 is 2.50 bits per heavy atom. The molecule has 0 saturated carbocycles. The third-order valence-corrected chi connectivity index (χ3v) is 2.55. The lowest BCUT2D eigenvalue weighted by atomic mass is 9.92. The summed E-state index contributed by atoms with van der Waals surface area (Å²) in [6.45, 7) is 0. The highest BCUT2D eigenvalue weighted by Gasteiger charge is 2.33. The molecule has 0 aromatic heterocycles. The molecule has 1 aromatic rings. The van der Waals surface area contributed by atoms with Crippen molar-refractivity contribution in [2.24, 2.45) is 0 Å². The van der Waals surface area contributed by atoms with Crippen molar-refractivity contribution in [2.75, 3.05) is 7.11 Å². The number of hydrogen-bond donors (Lipinski definition) is 1. The number of benzene rings is 1. The van der Waals surface area contributed by atoms with E-state index < -0.39 is 17.3 Å². The first-order chi connectivity index (χ1) is 7.56. The molecule has 0 heterocycles. The van der Waals surface area contributed by atoms with Crippen molar-refractivity contribution >= 4 is 23.2 Å². The predicted octanol–water partition coefficient (Wildman–Crippen LogP) is 2.13. The number of carbonyl (C=O) groups excluding carboxylic acids is 2. The summed E-state index contributed by atoms with van der Waals surface area (Å²) in [6.07, 6.45) is 0. The van der Waals surface area contributed by atoms with Gasteiger partial charge in [0.15, 0.2) is 0 Å². The molecule has 1 aliphatic rings. The van der Waals surface area contributed by atoms with Gasteiger partial charge >= 0.3 is 0 Å². The molecular weight excluding hydrogens is 232 g/mol. The number of aliphatic hydroxyl groups is 1. The number of methoxy groups -OCH3 is 1. The van der Waals surface area contributed by atoms with E-state index in [0.717, 1.165) is 0 Å². The van der Waals surface area contributed by atoms with Crippen molar-refractivity contribution in [1.29, 1.82) is 0 Å². The standard InChI is InChI=1S/C11H7ClO4/c1-16-11-9(14)7-4-5(12)2-3-6(7)8(13)10(11)15/h2-4,15H,1H3. The van der Waals surface area contributed by atoms with Crippen LogP contribution in [0.25, 0.3) is 0 Å². The van der Waals surface area contributed by atoms with Crippen molar-refractivity contribution in [2.45, 2.75) is 0 Å². The molecule has 0 amide bonds. The Labute approximate surface area is 96.1 Å². The normalized spacial score (nSPS) is 15.1. The quantitative estimate of drug-likeness (QED) is 0.814. The number of rotatable bonds is 1. The van der Waals surface area contributed by atoms with Gasteiger partial charge in [-0.15, -0.1) is 0 Å². The van der Waals surface area contributed by atoms with Gasteiger partial charge in [0, 0.05) is 16.1 Å². The Bertz CT molecular complexity index is 531. The number of carbonyl (C=O) groups is 2. The number of ketones is 2. The van der Waals surface area contributed by atoms with Gasteiger partial charge in [-0.05, 0) is 18.2 Å². The number of ether oxygens (including phenoxy) is 1. The van der Waals surface area contributed by atoms with Gasteiger partial charge in [-0.3, -0.25) is 9.59 Å². The van der Waals surface area contributed by atoms with E-state index in [1.54, 1.807) is 0 Å². The molecule has 0 radical (unpaired) electrons. The summed E-state index contributed by atoms with van der Waals surface area (Å²) in [5.41, 5.74) is 0.278. The van der Waals surface area contributed by atoms with Crippen molar-refractivity contribution in [3.8, 4) is 0 Å². The first kappa shape index (κ1) is 10.7. The molecule has 5 heteroatoms. The van der Waals surface area contributed by atoms with Gasteiger partial charge in [-0.2, -0.15) is 0 Å². The largest absolute Gasteiger partial charge is 0.501 e. The molecule has 0 bridgehead atoms. The third kappa shape index (κ3) is 1.39. The maximum atomic E-state index is 11.8. The van der Waals surface area contributed by atoms with Gasteiger partial charge in [0.1, 0.15) is 0 Å². The smallest absolute Gasteiger partial charge is 0.232 e. The van der Waals surface area contributed by atoms with Crippen LogP contribution >= 0.6 is 11.6 Å². The molecule has 2 rings (SSSR count). The van der Waals surface area contributed by atoms with Gasteiger partial charge < -0.3 is 9.84 Å². The first-order valence-electron chi connectivity index (χ1n) is 4.42. The fourth-order valence-corrected chi connectivity index (χ4v) is 1.72. The predicted molar refractivity (Wildman–Crippen MR) is 56.8 cm³/mol. The van der Waals surface area contributed by atoms with E-state index in [1.165, 1.54) is 25.3 Å². The van der Waals surface area contributed by atoms with Crippen LogP contribution in [0.15, 0.2) is 29.7 Å². The van der Waals surface area contributed by atoms with Gasteiger partial charge in [0.2, 0.25) is 23.1 Å². The summed E-state index contributed by atoms with van der Waals surface area (Å²) in [4.78, 5) is 23.5. The number of aliphatic hydroxyl groups excluding tert-OH is 1. The SMILES string of the molecule is COC1=C(O)C(=O)c2ccc(Cl)cc2C1=O. The van der Waals surface area contributed by atoms with Crippen LogP contribution in [0.2, 0.25) is 5.02 Å². The first-order valence-corrected chi connectivity index (χ1v) is 4.80. The molecule has 4 nitrogen and oxygen atoms in total. The van der Waals surface area contributed by atoms with Gasteiger partial charge in [0.05, 0.1) is 7.11 Å². The number of allylic oxidation sites excluding steroid dienone is 2. The average molecular weight is 239 g/mol. The number of fused-ring (bicyclic) bond motifs is 1. The Morgan fingerprint density at radius 2 is 1.88 bits per heavy atom. The molecule has 0 saturated heterocycles. The van der Waals surface area contributed by atoms with Crippen molar-refractivity contribution in [1.82, 2.24) is 0 Å². The molecular formula is C11H7ClO4. The van der Waals surface area contributed by atoms with Crippen LogP contribution in [-0.2, 0) is 4.74 Å². The van der Waals surface area contributed by atoms with Crippen LogP contribution < -0.4 is 0 Å². The van der Waals surface area contributed by atoms with Crippen LogP contribution in [0.5, 0.6) is 0 Å². The minimum Gasteiger partial charge on any atom is -0.501 e. The van der Waals surface area contributed by atoms with E-state index in [9.17, 15) is 14.7 Å². The third-order valence-electron chi connectivity index (χ3n) is 2.31. The van der Waals surface area contributed by atoms with Crippen LogP contribution in [0.1, 0.15) is 20.7 Å². The van der Waals surface area contributed by atoms with Gasteiger partial charge in [-0.1, -0.05) is 11.6 Å². The Morgan fingerprint density at radius 1 is 1.19 bits per heavy atom. The molecule has 0 fully saturated rings. The Kier molecular flexibility index (Phi) is 2.44. The lowest BCUT2D eigenvalue weighted by Gasteiger charge is -2.16. The number of Topliss-reactive ketones (excluding diaryl/α,β-unsaturated/α-hetero) is 2. The number of halogens is 1. The lowest BCUT2D eigenvalue weighted by molar-refractivity contribution is 0.0855.